The lowest BCUT2D eigenvalue weighted by atomic mass is 10.1. The second-order valence-electron chi connectivity index (χ2n) is 7.87. The number of morpholine rings is 1. The minimum Gasteiger partial charge on any atom is -0.378 e. The number of ether oxygens (including phenoxy) is 1. The molecular formula is C25H31N5O2S. The number of anilines is 1. The quantitative estimate of drug-likeness (QED) is 0.447. The number of thioether (sulfide) groups is 1. The topological polar surface area (TPSA) is 63.5 Å². The van der Waals surface area contributed by atoms with Gasteiger partial charge in [0.05, 0.1) is 19.8 Å². The van der Waals surface area contributed by atoms with Crippen molar-refractivity contribution < 1.29 is 9.53 Å². The van der Waals surface area contributed by atoms with Crippen LogP contribution in [0.1, 0.15) is 30.2 Å². The van der Waals surface area contributed by atoms with Crippen LogP contribution in [0.4, 0.5) is 5.95 Å². The maximum Gasteiger partial charge on any atom is 0.240 e. The number of carbonyl (C=O) groups excluding carboxylic acids is 1. The van der Waals surface area contributed by atoms with Gasteiger partial charge in [0.2, 0.25) is 11.9 Å². The molecule has 1 aromatic heterocycles. The average Bonchev–Trinajstić information content (AvgIpc) is 3.26. The molecule has 8 heteroatoms. The van der Waals surface area contributed by atoms with Crippen LogP contribution in [-0.2, 0) is 16.1 Å². The molecule has 1 aliphatic rings. The maximum absolute atomic E-state index is 13.5. The van der Waals surface area contributed by atoms with Gasteiger partial charge in [-0.2, -0.15) is 0 Å². The molecule has 1 amide bonds. The van der Waals surface area contributed by atoms with Crippen molar-refractivity contribution in [2.24, 2.45) is 0 Å². The zero-order valence-corrected chi connectivity index (χ0v) is 20.1. The molecule has 2 aromatic carbocycles. The van der Waals surface area contributed by atoms with Gasteiger partial charge in [-0.15, -0.1) is 10.2 Å². The van der Waals surface area contributed by atoms with Crippen molar-refractivity contribution >= 4 is 23.6 Å². The first-order valence-corrected chi connectivity index (χ1v) is 12.4. The fourth-order valence-electron chi connectivity index (χ4n) is 3.97. The van der Waals surface area contributed by atoms with Crippen molar-refractivity contribution in [3.8, 4) is 0 Å². The number of nitrogens with zero attached hydrogens (tertiary/aromatic N) is 5. The van der Waals surface area contributed by atoms with E-state index in [1.165, 1.54) is 17.3 Å². The van der Waals surface area contributed by atoms with Crippen molar-refractivity contribution in [2.45, 2.75) is 30.8 Å². The predicted molar refractivity (Wildman–Crippen MR) is 132 cm³/mol. The molecule has 4 rings (SSSR count). The largest absolute Gasteiger partial charge is 0.378 e. The number of hydrogen-bond donors (Lipinski definition) is 0. The Kier molecular flexibility index (Phi) is 8.01. The van der Waals surface area contributed by atoms with E-state index in [9.17, 15) is 4.79 Å². The van der Waals surface area contributed by atoms with Gasteiger partial charge in [0, 0.05) is 26.2 Å². The molecule has 0 N–H and O–H groups in total. The first kappa shape index (κ1) is 23.3. The van der Waals surface area contributed by atoms with Crippen LogP contribution in [0, 0.1) is 0 Å². The van der Waals surface area contributed by atoms with Crippen molar-refractivity contribution in [3.05, 3.63) is 71.8 Å². The summed E-state index contributed by atoms with van der Waals surface area (Å²) in [6.07, 6.45) is 0. The summed E-state index contributed by atoms with van der Waals surface area (Å²) >= 11 is 1.48. The molecule has 1 atom stereocenters. The number of aromatic nitrogens is 3. The molecule has 2 heterocycles. The van der Waals surface area contributed by atoms with Gasteiger partial charge in [-0.25, -0.2) is 0 Å². The fraction of sp³-hybridized carbons (Fsp3) is 0.400. The second-order valence-corrected chi connectivity index (χ2v) is 8.95. The Morgan fingerprint density at radius 1 is 1.00 bits per heavy atom. The summed E-state index contributed by atoms with van der Waals surface area (Å²) in [5, 5.41) is 9.49. The van der Waals surface area contributed by atoms with Crippen LogP contribution in [0.2, 0.25) is 0 Å². The SMILES string of the molecule is CCN(CC)C(=O)C(Sc1nnc(N2CCOCC2)n1Cc1ccccc1)c1ccccc1. The molecule has 0 bridgehead atoms. The smallest absolute Gasteiger partial charge is 0.240 e. The lowest BCUT2D eigenvalue weighted by Crippen LogP contribution is -2.38. The highest BCUT2D eigenvalue weighted by molar-refractivity contribution is 8.00. The fourth-order valence-corrected chi connectivity index (χ4v) is 5.08. The highest BCUT2D eigenvalue weighted by Crippen LogP contribution is 2.37. The molecule has 174 valence electrons. The highest BCUT2D eigenvalue weighted by Gasteiger charge is 2.29. The van der Waals surface area contributed by atoms with Gasteiger partial charge < -0.3 is 14.5 Å². The van der Waals surface area contributed by atoms with E-state index in [0.717, 1.165) is 29.8 Å². The number of amides is 1. The van der Waals surface area contributed by atoms with Gasteiger partial charge in [0.1, 0.15) is 5.25 Å². The second kappa shape index (κ2) is 11.3. The number of likely N-dealkylation sites (N-methyl/N-ethyl adjacent to an activating group) is 1. The normalized spacial score (nSPS) is 14.8. The third kappa shape index (κ3) is 5.57. The summed E-state index contributed by atoms with van der Waals surface area (Å²) in [5.41, 5.74) is 2.14. The highest BCUT2D eigenvalue weighted by atomic mass is 32.2. The van der Waals surface area contributed by atoms with E-state index in [1.807, 2.05) is 67.3 Å². The minimum absolute atomic E-state index is 0.0957. The molecule has 0 spiro atoms. The van der Waals surface area contributed by atoms with Gasteiger partial charge >= 0.3 is 0 Å². The summed E-state index contributed by atoms with van der Waals surface area (Å²) in [4.78, 5) is 17.6. The van der Waals surface area contributed by atoms with Gasteiger partial charge in [0.25, 0.3) is 0 Å². The van der Waals surface area contributed by atoms with Gasteiger partial charge in [-0.05, 0) is 25.0 Å². The van der Waals surface area contributed by atoms with Crippen molar-refractivity contribution in [3.63, 3.8) is 0 Å². The molecule has 3 aromatic rings. The predicted octanol–water partition coefficient (Wildman–Crippen LogP) is 3.86. The first-order chi connectivity index (χ1) is 16.2. The van der Waals surface area contributed by atoms with Crippen molar-refractivity contribution in [2.75, 3.05) is 44.3 Å². The van der Waals surface area contributed by atoms with Crippen LogP contribution in [-0.4, -0.2) is 65.0 Å². The molecule has 0 radical (unpaired) electrons. The molecule has 0 saturated carbocycles. The lowest BCUT2D eigenvalue weighted by molar-refractivity contribution is -0.130. The Labute approximate surface area is 199 Å². The van der Waals surface area contributed by atoms with E-state index in [4.69, 9.17) is 4.74 Å². The summed E-state index contributed by atoms with van der Waals surface area (Å²) in [6.45, 7) is 8.93. The van der Waals surface area contributed by atoms with Gasteiger partial charge in [-0.1, -0.05) is 72.4 Å². The summed E-state index contributed by atoms with van der Waals surface area (Å²) < 4.78 is 7.67. The number of benzene rings is 2. The Hall–Kier alpha value is -2.84. The van der Waals surface area contributed by atoms with E-state index in [1.54, 1.807) is 0 Å². The molecule has 0 aliphatic carbocycles. The Morgan fingerprint density at radius 3 is 2.27 bits per heavy atom. The minimum atomic E-state index is -0.387. The number of rotatable bonds is 9. The third-order valence-corrected chi connectivity index (χ3v) is 7.02. The van der Waals surface area contributed by atoms with Crippen molar-refractivity contribution in [1.82, 2.24) is 19.7 Å². The van der Waals surface area contributed by atoms with Crippen molar-refractivity contribution in [1.29, 1.82) is 0 Å². The Bertz CT molecular complexity index is 1020. The monoisotopic (exact) mass is 465 g/mol. The van der Waals surface area contributed by atoms with Crippen LogP contribution in [0.5, 0.6) is 0 Å². The Morgan fingerprint density at radius 2 is 1.64 bits per heavy atom. The average molecular weight is 466 g/mol. The number of carbonyl (C=O) groups is 1. The molecule has 1 unspecified atom stereocenters. The maximum atomic E-state index is 13.5. The molecular weight excluding hydrogens is 434 g/mol. The van der Waals surface area contributed by atoms with E-state index in [-0.39, 0.29) is 11.2 Å². The summed E-state index contributed by atoms with van der Waals surface area (Å²) in [6, 6.07) is 20.3. The van der Waals surface area contributed by atoms with Crippen LogP contribution in [0.15, 0.2) is 65.8 Å². The molecule has 33 heavy (non-hydrogen) atoms. The molecule has 1 fully saturated rings. The Balaban J connectivity index is 1.70. The number of hydrogen-bond acceptors (Lipinski definition) is 6. The van der Waals surface area contributed by atoms with Crippen LogP contribution < -0.4 is 4.90 Å². The van der Waals surface area contributed by atoms with Gasteiger partial charge in [-0.3, -0.25) is 9.36 Å². The molecule has 1 saturated heterocycles. The lowest BCUT2D eigenvalue weighted by Gasteiger charge is -2.28. The zero-order chi connectivity index (χ0) is 23.0. The van der Waals surface area contributed by atoms with E-state index < -0.39 is 0 Å². The van der Waals surface area contributed by atoms with Crippen LogP contribution in [0.25, 0.3) is 0 Å². The van der Waals surface area contributed by atoms with Gasteiger partial charge in [0.15, 0.2) is 5.16 Å². The third-order valence-electron chi connectivity index (χ3n) is 5.80. The zero-order valence-electron chi connectivity index (χ0n) is 19.3. The molecule has 7 nitrogen and oxygen atoms in total. The summed E-state index contributed by atoms with van der Waals surface area (Å²) in [7, 11) is 0. The van der Waals surface area contributed by atoms with E-state index in [2.05, 4.69) is 31.8 Å². The summed E-state index contributed by atoms with van der Waals surface area (Å²) in [5.74, 6) is 0.921. The van der Waals surface area contributed by atoms with Crippen LogP contribution >= 0.6 is 11.8 Å². The van der Waals surface area contributed by atoms with E-state index >= 15 is 0 Å². The van der Waals surface area contributed by atoms with E-state index in [0.29, 0.717) is 32.8 Å². The van der Waals surface area contributed by atoms with Crippen LogP contribution in [0.3, 0.4) is 0 Å². The molecule has 1 aliphatic heterocycles. The first-order valence-electron chi connectivity index (χ1n) is 11.5. The standard InChI is InChI=1S/C25H31N5O2S/c1-3-28(4-2)23(31)22(21-13-9-6-10-14-21)33-25-27-26-24(29-15-17-32-18-16-29)30(25)19-20-11-7-5-8-12-20/h5-14,22H,3-4,15-19H2,1-2H3.